The number of rotatable bonds is 5. The van der Waals surface area contributed by atoms with Crippen molar-refractivity contribution in [3.63, 3.8) is 0 Å². The van der Waals surface area contributed by atoms with Crippen LogP contribution in [0.1, 0.15) is 5.56 Å². The second-order valence-electron chi connectivity index (χ2n) is 4.58. The first kappa shape index (κ1) is 16.5. The summed E-state index contributed by atoms with van der Waals surface area (Å²) in [7, 11) is 1.62. The van der Waals surface area contributed by atoms with E-state index in [1.54, 1.807) is 25.3 Å². The minimum atomic E-state index is -0.349. The molecule has 4 nitrogen and oxygen atoms in total. The maximum atomic E-state index is 11.9. The molecule has 22 heavy (non-hydrogen) atoms. The van der Waals surface area contributed by atoms with Crippen molar-refractivity contribution < 1.29 is 9.53 Å². The third-order valence-electron chi connectivity index (χ3n) is 3.03. The fourth-order valence-electron chi connectivity index (χ4n) is 1.92. The van der Waals surface area contributed by atoms with E-state index >= 15 is 0 Å². The first-order valence-electron chi connectivity index (χ1n) is 6.72. The number of carbonyl (C=O) groups is 1. The molecule has 2 aromatic rings. The summed E-state index contributed by atoms with van der Waals surface area (Å²) in [4.78, 5) is 11.9. The molecule has 116 valence electrons. The van der Waals surface area contributed by atoms with E-state index in [9.17, 15) is 4.79 Å². The second-order valence-corrected chi connectivity index (χ2v) is 5.39. The van der Waals surface area contributed by atoms with E-state index in [0.29, 0.717) is 28.7 Å². The number of urea groups is 1. The maximum Gasteiger partial charge on any atom is 0.319 e. The van der Waals surface area contributed by atoms with Crippen molar-refractivity contribution in [3.05, 3.63) is 58.1 Å². The topological polar surface area (TPSA) is 50.4 Å². The molecule has 0 radical (unpaired) electrons. The number of anilines is 1. The lowest BCUT2D eigenvalue weighted by Gasteiger charge is -2.10. The Hall–Kier alpha value is -1.91. The Labute approximate surface area is 139 Å². The van der Waals surface area contributed by atoms with Gasteiger partial charge in [0.2, 0.25) is 0 Å². The predicted molar refractivity (Wildman–Crippen MR) is 90.2 cm³/mol. The summed E-state index contributed by atoms with van der Waals surface area (Å²) in [6.07, 6.45) is 0.695. The molecule has 0 unspecified atom stereocenters. The van der Waals surface area contributed by atoms with Crippen molar-refractivity contribution in [3.8, 4) is 5.75 Å². The molecule has 0 aliphatic rings. The standard InChI is InChI=1S/C16H16Cl2N2O2/c1-22-12-5-2-4-11(10-12)8-9-19-16(21)20-15-13(17)6-3-7-14(15)18/h2-7,10H,8-9H2,1H3,(H2,19,20,21). The van der Waals surface area contributed by atoms with Crippen LogP contribution < -0.4 is 15.4 Å². The highest BCUT2D eigenvalue weighted by atomic mass is 35.5. The van der Waals surface area contributed by atoms with Crippen LogP contribution in [0.15, 0.2) is 42.5 Å². The summed E-state index contributed by atoms with van der Waals surface area (Å²) in [6.45, 7) is 0.487. The van der Waals surface area contributed by atoms with E-state index in [0.717, 1.165) is 11.3 Å². The summed E-state index contributed by atoms with van der Waals surface area (Å²) in [6, 6.07) is 12.4. The summed E-state index contributed by atoms with van der Waals surface area (Å²) in [5.41, 5.74) is 1.49. The monoisotopic (exact) mass is 338 g/mol. The molecule has 0 aromatic heterocycles. The van der Waals surface area contributed by atoms with Crippen molar-refractivity contribution in [2.75, 3.05) is 19.0 Å². The van der Waals surface area contributed by atoms with Gasteiger partial charge in [0.15, 0.2) is 0 Å². The molecule has 2 rings (SSSR count). The van der Waals surface area contributed by atoms with E-state index in [1.807, 2.05) is 24.3 Å². The SMILES string of the molecule is COc1cccc(CCNC(=O)Nc2c(Cl)cccc2Cl)c1. The second kappa shape index (κ2) is 7.92. The first-order chi connectivity index (χ1) is 10.6. The lowest BCUT2D eigenvalue weighted by Crippen LogP contribution is -2.30. The molecule has 0 spiro atoms. The number of hydrogen-bond donors (Lipinski definition) is 2. The van der Waals surface area contributed by atoms with Gasteiger partial charge >= 0.3 is 6.03 Å². The smallest absolute Gasteiger partial charge is 0.319 e. The highest BCUT2D eigenvalue weighted by molar-refractivity contribution is 6.39. The molecule has 0 atom stereocenters. The number of ether oxygens (including phenoxy) is 1. The number of amides is 2. The number of hydrogen-bond acceptors (Lipinski definition) is 2. The predicted octanol–water partition coefficient (Wildman–Crippen LogP) is 4.37. The average molecular weight is 339 g/mol. The molecular formula is C16H16Cl2N2O2. The van der Waals surface area contributed by atoms with Gasteiger partial charge in [-0.15, -0.1) is 0 Å². The molecule has 0 bridgehead atoms. The lowest BCUT2D eigenvalue weighted by atomic mass is 10.1. The van der Waals surface area contributed by atoms with Crippen LogP contribution >= 0.6 is 23.2 Å². The van der Waals surface area contributed by atoms with E-state index in [-0.39, 0.29) is 6.03 Å². The van der Waals surface area contributed by atoms with Gasteiger partial charge in [-0.25, -0.2) is 4.79 Å². The Morgan fingerprint density at radius 2 is 1.82 bits per heavy atom. The van der Waals surface area contributed by atoms with Crippen LogP contribution in [0.5, 0.6) is 5.75 Å². The van der Waals surface area contributed by atoms with Crippen LogP contribution in [0.4, 0.5) is 10.5 Å². The van der Waals surface area contributed by atoms with Crippen LogP contribution in [-0.4, -0.2) is 19.7 Å². The molecule has 2 aromatic carbocycles. The quantitative estimate of drug-likeness (QED) is 0.850. The largest absolute Gasteiger partial charge is 0.497 e. The molecule has 0 saturated heterocycles. The van der Waals surface area contributed by atoms with Crippen molar-refractivity contribution in [2.45, 2.75) is 6.42 Å². The lowest BCUT2D eigenvalue weighted by molar-refractivity contribution is 0.252. The van der Waals surface area contributed by atoms with Gasteiger partial charge in [0.05, 0.1) is 22.8 Å². The zero-order valence-corrected chi connectivity index (χ0v) is 13.5. The number of methoxy groups -OCH3 is 1. The van der Waals surface area contributed by atoms with Crippen molar-refractivity contribution in [1.82, 2.24) is 5.32 Å². The summed E-state index contributed by atoms with van der Waals surface area (Å²) < 4.78 is 5.16. The number of benzene rings is 2. The van der Waals surface area contributed by atoms with Gasteiger partial charge in [-0.1, -0.05) is 41.4 Å². The molecule has 0 fully saturated rings. The average Bonchev–Trinajstić information content (AvgIpc) is 2.51. The van der Waals surface area contributed by atoms with E-state index in [2.05, 4.69) is 10.6 Å². The van der Waals surface area contributed by atoms with E-state index in [1.165, 1.54) is 0 Å². The molecule has 0 aliphatic carbocycles. The molecule has 2 amide bonds. The molecule has 6 heteroatoms. The van der Waals surface area contributed by atoms with Gasteiger partial charge < -0.3 is 15.4 Å². The van der Waals surface area contributed by atoms with E-state index < -0.39 is 0 Å². The minimum Gasteiger partial charge on any atom is -0.497 e. The molecule has 0 heterocycles. The summed E-state index contributed by atoms with van der Waals surface area (Å²) in [5, 5.41) is 6.21. The van der Waals surface area contributed by atoms with Crippen LogP contribution in [0, 0.1) is 0 Å². The van der Waals surface area contributed by atoms with Crippen LogP contribution in [0.2, 0.25) is 10.0 Å². The summed E-state index contributed by atoms with van der Waals surface area (Å²) >= 11 is 12.0. The maximum absolute atomic E-state index is 11.9. The Morgan fingerprint density at radius 1 is 1.14 bits per heavy atom. The zero-order chi connectivity index (χ0) is 15.9. The molecule has 0 aliphatic heterocycles. The highest BCUT2D eigenvalue weighted by Gasteiger charge is 2.08. The third-order valence-corrected chi connectivity index (χ3v) is 3.66. The van der Waals surface area contributed by atoms with Crippen LogP contribution in [0.3, 0.4) is 0 Å². The molecule has 0 saturated carbocycles. The normalized spacial score (nSPS) is 10.1. The Morgan fingerprint density at radius 3 is 2.50 bits per heavy atom. The number of nitrogens with one attached hydrogen (secondary N) is 2. The Balaban J connectivity index is 1.85. The van der Waals surface area contributed by atoms with Crippen LogP contribution in [0.25, 0.3) is 0 Å². The Bertz CT molecular complexity index is 642. The Kier molecular flexibility index (Phi) is 5.92. The minimum absolute atomic E-state index is 0.349. The van der Waals surface area contributed by atoms with Crippen LogP contribution in [-0.2, 0) is 6.42 Å². The molecular weight excluding hydrogens is 323 g/mol. The van der Waals surface area contributed by atoms with Gasteiger partial charge in [-0.2, -0.15) is 0 Å². The van der Waals surface area contributed by atoms with E-state index in [4.69, 9.17) is 27.9 Å². The number of carbonyl (C=O) groups excluding carboxylic acids is 1. The van der Waals surface area contributed by atoms with Crippen molar-refractivity contribution >= 4 is 34.9 Å². The van der Waals surface area contributed by atoms with Gasteiger partial charge in [-0.05, 0) is 36.2 Å². The van der Waals surface area contributed by atoms with Crippen molar-refractivity contribution in [1.29, 1.82) is 0 Å². The highest BCUT2D eigenvalue weighted by Crippen LogP contribution is 2.29. The summed E-state index contributed by atoms with van der Waals surface area (Å²) in [5.74, 6) is 0.796. The van der Waals surface area contributed by atoms with Gasteiger partial charge in [0, 0.05) is 6.54 Å². The zero-order valence-electron chi connectivity index (χ0n) is 12.0. The van der Waals surface area contributed by atoms with Crippen molar-refractivity contribution in [2.24, 2.45) is 0 Å². The first-order valence-corrected chi connectivity index (χ1v) is 7.47. The third kappa shape index (κ3) is 4.55. The number of para-hydroxylation sites is 1. The van der Waals surface area contributed by atoms with Gasteiger partial charge in [0.25, 0.3) is 0 Å². The van der Waals surface area contributed by atoms with Gasteiger partial charge in [0.1, 0.15) is 5.75 Å². The fraction of sp³-hybridized carbons (Fsp3) is 0.188. The number of halogens is 2. The van der Waals surface area contributed by atoms with Gasteiger partial charge in [-0.3, -0.25) is 0 Å². The molecule has 2 N–H and O–H groups in total. The fourth-order valence-corrected chi connectivity index (χ4v) is 2.42.